The summed E-state index contributed by atoms with van der Waals surface area (Å²) >= 11 is 0. The highest BCUT2D eigenvalue weighted by atomic mass is 16.5. The fraction of sp³-hybridized carbons (Fsp3) is 0.129. The predicted molar refractivity (Wildman–Crippen MR) is 149 cm³/mol. The lowest BCUT2D eigenvalue weighted by molar-refractivity contribution is -0.116. The van der Waals surface area contributed by atoms with Crippen LogP contribution >= 0.6 is 0 Å². The van der Waals surface area contributed by atoms with Crippen molar-refractivity contribution in [2.45, 2.75) is 12.5 Å². The number of hydrogen-bond donors (Lipinski definition) is 2. The second-order valence-corrected chi connectivity index (χ2v) is 9.04. The van der Waals surface area contributed by atoms with Crippen LogP contribution in [0.25, 0.3) is 0 Å². The van der Waals surface area contributed by atoms with E-state index < -0.39 is 11.8 Å². The van der Waals surface area contributed by atoms with Gasteiger partial charge in [-0.3, -0.25) is 9.59 Å². The van der Waals surface area contributed by atoms with Gasteiger partial charge in [-0.1, -0.05) is 65.8 Å². The Morgan fingerprint density at radius 3 is 2.00 bits per heavy atom. The van der Waals surface area contributed by atoms with E-state index in [-0.39, 0.29) is 18.2 Å². The number of hydrogen-bond acceptors (Lipinski definition) is 6. The SMILES string of the molecule is COc1cc(CN2C(=O)/C(=N\O)c3cc(NC(=O)C(c4ccccc4)c4ccccc4)ccc32)cc(OC)c1. The van der Waals surface area contributed by atoms with Crippen LogP contribution in [0.5, 0.6) is 11.5 Å². The summed E-state index contributed by atoms with van der Waals surface area (Å²) < 4.78 is 10.7. The normalized spacial score (nSPS) is 13.5. The molecule has 0 aromatic heterocycles. The minimum atomic E-state index is -0.534. The minimum Gasteiger partial charge on any atom is -0.497 e. The highest BCUT2D eigenvalue weighted by Gasteiger charge is 2.35. The molecule has 0 radical (unpaired) electrons. The molecule has 5 rings (SSSR count). The van der Waals surface area contributed by atoms with Crippen LogP contribution in [-0.4, -0.2) is 37.0 Å². The summed E-state index contributed by atoms with van der Waals surface area (Å²) in [5, 5.41) is 16.0. The van der Waals surface area contributed by atoms with Gasteiger partial charge >= 0.3 is 0 Å². The second kappa shape index (κ2) is 11.1. The topological polar surface area (TPSA) is 100 Å². The van der Waals surface area contributed by atoms with Gasteiger partial charge in [-0.25, -0.2) is 0 Å². The standard InChI is InChI=1S/C31H27N3O5/c1-38-24-15-20(16-25(18-24)39-2)19-34-27-14-13-23(17-26(27)29(33-37)31(34)36)32-30(35)28(21-9-5-3-6-10-21)22-11-7-4-8-12-22/h3-18,28,37H,19H2,1-2H3,(H,32,35)/b33-29-. The van der Waals surface area contributed by atoms with E-state index >= 15 is 0 Å². The number of benzene rings is 4. The number of anilines is 2. The maximum absolute atomic E-state index is 13.6. The van der Waals surface area contributed by atoms with Gasteiger partial charge in [0.15, 0.2) is 5.71 Å². The molecule has 39 heavy (non-hydrogen) atoms. The molecule has 0 fully saturated rings. The fourth-order valence-corrected chi connectivity index (χ4v) is 4.79. The first-order chi connectivity index (χ1) is 19.0. The summed E-state index contributed by atoms with van der Waals surface area (Å²) in [5.41, 5.74) is 3.86. The summed E-state index contributed by atoms with van der Waals surface area (Å²) in [6.07, 6.45) is 0. The molecule has 196 valence electrons. The molecular weight excluding hydrogens is 494 g/mol. The maximum atomic E-state index is 13.6. The number of nitrogens with one attached hydrogen (secondary N) is 1. The van der Waals surface area contributed by atoms with Crippen LogP contribution in [0, 0.1) is 0 Å². The molecule has 0 unspecified atom stereocenters. The summed E-state index contributed by atoms with van der Waals surface area (Å²) in [6, 6.07) is 29.6. The van der Waals surface area contributed by atoms with Gasteiger partial charge in [-0.05, 0) is 47.0 Å². The van der Waals surface area contributed by atoms with Gasteiger partial charge in [0.2, 0.25) is 5.91 Å². The average molecular weight is 522 g/mol. The van der Waals surface area contributed by atoms with Crippen molar-refractivity contribution < 1.29 is 24.3 Å². The molecule has 1 heterocycles. The molecule has 0 atom stereocenters. The van der Waals surface area contributed by atoms with Gasteiger partial charge in [0.05, 0.1) is 32.4 Å². The van der Waals surface area contributed by atoms with Crippen LogP contribution in [0.2, 0.25) is 0 Å². The van der Waals surface area contributed by atoms with E-state index in [0.29, 0.717) is 28.4 Å². The van der Waals surface area contributed by atoms with E-state index in [9.17, 15) is 14.8 Å². The minimum absolute atomic E-state index is 0.0985. The van der Waals surface area contributed by atoms with Crippen molar-refractivity contribution in [2.75, 3.05) is 24.4 Å². The number of rotatable bonds is 8. The van der Waals surface area contributed by atoms with E-state index in [1.165, 1.54) is 4.90 Å². The molecule has 4 aromatic rings. The number of carbonyl (C=O) groups excluding carboxylic acids is 2. The van der Waals surface area contributed by atoms with Gasteiger partial charge in [-0.2, -0.15) is 0 Å². The molecule has 2 amide bonds. The monoisotopic (exact) mass is 521 g/mol. The van der Waals surface area contributed by atoms with Gasteiger partial charge < -0.3 is 24.9 Å². The van der Waals surface area contributed by atoms with Gasteiger partial charge in [0, 0.05) is 17.3 Å². The molecule has 4 aromatic carbocycles. The summed E-state index contributed by atoms with van der Waals surface area (Å²) in [4.78, 5) is 28.3. The second-order valence-electron chi connectivity index (χ2n) is 9.04. The largest absolute Gasteiger partial charge is 0.497 e. The number of nitrogens with zero attached hydrogens (tertiary/aromatic N) is 2. The first-order valence-corrected chi connectivity index (χ1v) is 12.3. The van der Waals surface area contributed by atoms with Crippen LogP contribution in [-0.2, 0) is 16.1 Å². The van der Waals surface area contributed by atoms with Crippen molar-refractivity contribution in [1.82, 2.24) is 0 Å². The Hall–Kier alpha value is -5.11. The maximum Gasteiger partial charge on any atom is 0.281 e. The number of oxime groups is 1. The third-order valence-corrected chi connectivity index (χ3v) is 6.64. The zero-order valence-electron chi connectivity index (χ0n) is 21.5. The molecule has 8 heteroatoms. The molecular formula is C31H27N3O5. The predicted octanol–water partition coefficient (Wildman–Crippen LogP) is 5.20. The average Bonchev–Trinajstić information content (AvgIpc) is 3.23. The first kappa shape index (κ1) is 25.5. The lowest BCUT2D eigenvalue weighted by Crippen LogP contribution is -2.29. The van der Waals surface area contributed by atoms with Crippen molar-refractivity contribution in [2.24, 2.45) is 5.16 Å². The highest BCUT2D eigenvalue weighted by Crippen LogP contribution is 2.35. The summed E-state index contributed by atoms with van der Waals surface area (Å²) in [6.45, 7) is 0.203. The number of ether oxygens (including phenoxy) is 2. The van der Waals surface area contributed by atoms with Gasteiger partial charge in [0.1, 0.15) is 11.5 Å². The third-order valence-electron chi connectivity index (χ3n) is 6.64. The Balaban J connectivity index is 1.45. The molecule has 0 aliphatic carbocycles. The van der Waals surface area contributed by atoms with E-state index in [4.69, 9.17) is 9.47 Å². The summed E-state index contributed by atoms with van der Waals surface area (Å²) in [5.74, 6) is -0.0232. The smallest absolute Gasteiger partial charge is 0.281 e. The molecule has 2 N–H and O–H groups in total. The molecule has 1 aliphatic heterocycles. The number of carbonyl (C=O) groups is 2. The Morgan fingerprint density at radius 1 is 0.872 bits per heavy atom. The highest BCUT2D eigenvalue weighted by molar-refractivity contribution is 6.54. The van der Waals surface area contributed by atoms with Crippen LogP contribution < -0.4 is 19.7 Å². The van der Waals surface area contributed by atoms with E-state index in [0.717, 1.165) is 16.7 Å². The van der Waals surface area contributed by atoms with Crippen molar-refractivity contribution in [3.63, 3.8) is 0 Å². The number of methoxy groups -OCH3 is 2. The van der Waals surface area contributed by atoms with Crippen molar-refractivity contribution in [1.29, 1.82) is 0 Å². The summed E-state index contributed by atoms with van der Waals surface area (Å²) in [7, 11) is 3.11. The number of fused-ring (bicyclic) bond motifs is 1. The molecule has 0 bridgehead atoms. The molecule has 0 spiro atoms. The molecule has 1 aliphatic rings. The fourth-order valence-electron chi connectivity index (χ4n) is 4.79. The van der Waals surface area contributed by atoms with Gasteiger partial charge in [0.25, 0.3) is 5.91 Å². The van der Waals surface area contributed by atoms with Crippen molar-refractivity contribution >= 4 is 28.9 Å². The van der Waals surface area contributed by atoms with E-state index in [2.05, 4.69) is 10.5 Å². The van der Waals surface area contributed by atoms with E-state index in [1.807, 2.05) is 72.8 Å². The Kier molecular flexibility index (Phi) is 7.27. The molecule has 0 saturated heterocycles. The zero-order chi connectivity index (χ0) is 27.4. The first-order valence-electron chi connectivity index (χ1n) is 12.3. The Bertz CT molecular complexity index is 1480. The zero-order valence-corrected chi connectivity index (χ0v) is 21.5. The van der Waals surface area contributed by atoms with Crippen LogP contribution in [0.4, 0.5) is 11.4 Å². The van der Waals surface area contributed by atoms with Crippen molar-refractivity contribution in [3.8, 4) is 11.5 Å². The lowest BCUT2D eigenvalue weighted by Gasteiger charge is -2.19. The van der Waals surface area contributed by atoms with Crippen LogP contribution in [0.3, 0.4) is 0 Å². The third kappa shape index (κ3) is 5.17. The van der Waals surface area contributed by atoms with E-state index in [1.54, 1.807) is 38.5 Å². The molecule has 0 saturated carbocycles. The Labute approximate surface area is 226 Å². The van der Waals surface area contributed by atoms with Crippen molar-refractivity contribution in [3.05, 3.63) is 119 Å². The lowest BCUT2D eigenvalue weighted by atomic mass is 9.90. The van der Waals surface area contributed by atoms with Crippen LogP contribution in [0.15, 0.2) is 102 Å². The number of amides is 2. The quantitative estimate of drug-likeness (QED) is 0.245. The van der Waals surface area contributed by atoms with Crippen LogP contribution in [0.1, 0.15) is 28.2 Å². The van der Waals surface area contributed by atoms with Gasteiger partial charge in [-0.15, -0.1) is 0 Å². The molecule has 8 nitrogen and oxygen atoms in total. The Morgan fingerprint density at radius 2 is 1.46 bits per heavy atom.